The third-order valence-electron chi connectivity index (χ3n) is 5.37. The summed E-state index contributed by atoms with van der Waals surface area (Å²) in [5, 5.41) is 2.74. The molecule has 0 saturated carbocycles. The molecule has 1 aromatic heterocycles. The number of nitrogens with one attached hydrogen (secondary N) is 1. The van der Waals surface area contributed by atoms with Crippen LogP contribution in [0, 0.1) is 0 Å². The summed E-state index contributed by atoms with van der Waals surface area (Å²) in [7, 11) is 3.09. The van der Waals surface area contributed by atoms with E-state index in [9.17, 15) is 14.4 Å². The van der Waals surface area contributed by atoms with Gasteiger partial charge in [-0.2, -0.15) is 0 Å². The first-order valence-electron chi connectivity index (χ1n) is 10.8. The Morgan fingerprint density at radius 3 is 2.30 bits per heavy atom. The predicted molar refractivity (Wildman–Crippen MR) is 123 cm³/mol. The minimum absolute atomic E-state index is 0.0229. The first kappa shape index (κ1) is 23.9. The summed E-state index contributed by atoms with van der Waals surface area (Å²) in [6.07, 6.45) is -0.989. The first-order chi connectivity index (χ1) is 15.9. The van der Waals surface area contributed by atoms with E-state index < -0.39 is 18.0 Å². The largest absolute Gasteiger partial charge is 0.493 e. The summed E-state index contributed by atoms with van der Waals surface area (Å²) in [4.78, 5) is 37.4. The van der Waals surface area contributed by atoms with Gasteiger partial charge in [-0.25, -0.2) is 4.79 Å². The van der Waals surface area contributed by atoms with Crippen LogP contribution in [-0.2, 0) is 34.0 Å². The third kappa shape index (κ3) is 5.36. The number of hydrogen-bond donors (Lipinski definition) is 1. The monoisotopic (exact) mass is 455 g/mol. The number of esters is 1. The van der Waals surface area contributed by atoms with Crippen LogP contribution in [0.15, 0.2) is 47.3 Å². The lowest BCUT2D eigenvalue weighted by atomic mass is 10.2. The van der Waals surface area contributed by atoms with Crippen molar-refractivity contribution in [1.82, 2.24) is 14.5 Å². The van der Waals surface area contributed by atoms with Crippen LogP contribution in [0.5, 0.6) is 11.5 Å². The molecule has 1 amide bonds. The number of carbonyl (C=O) groups is 2. The lowest BCUT2D eigenvalue weighted by molar-refractivity contribution is -0.155. The Morgan fingerprint density at radius 2 is 1.67 bits per heavy atom. The Labute approximate surface area is 191 Å². The molecule has 1 atom stereocenters. The molecule has 176 valence electrons. The van der Waals surface area contributed by atoms with Gasteiger partial charge in [-0.15, -0.1) is 0 Å². The second-order valence-electron chi connectivity index (χ2n) is 7.46. The molecule has 0 aliphatic heterocycles. The number of ether oxygens (including phenoxy) is 3. The standard InChI is InChI=1S/C24H29N3O6/c1-5-26-18-8-6-7-9-19(18)27(24(26)30)13-12-22(28)33-16(2)23(29)25-15-17-10-11-20(31-3)21(14-17)32-4/h6-11,14,16H,5,12-13,15H2,1-4H3,(H,25,29). The Bertz CT molecular complexity index is 1200. The lowest BCUT2D eigenvalue weighted by Crippen LogP contribution is -2.35. The average Bonchev–Trinajstić information content (AvgIpc) is 3.10. The number of aryl methyl sites for hydroxylation is 2. The Morgan fingerprint density at radius 1 is 1.00 bits per heavy atom. The molecule has 9 heteroatoms. The zero-order chi connectivity index (χ0) is 24.0. The van der Waals surface area contributed by atoms with Crippen LogP contribution in [0.2, 0.25) is 0 Å². The summed E-state index contributed by atoms with van der Waals surface area (Å²) >= 11 is 0. The number of aromatic nitrogens is 2. The molecule has 0 fully saturated rings. The highest BCUT2D eigenvalue weighted by Gasteiger charge is 2.19. The lowest BCUT2D eigenvalue weighted by Gasteiger charge is -2.14. The Balaban J connectivity index is 1.55. The van der Waals surface area contributed by atoms with Crippen molar-refractivity contribution in [2.24, 2.45) is 0 Å². The summed E-state index contributed by atoms with van der Waals surface area (Å²) < 4.78 is 18.9. The van der Waals surface area contributed by atoms with Crippen LogP contribution in [0.1, 0.15) is 25.8 Å². The van der Waals surface area contributed by atoms with Crippen LogP contribution in [0.3, 0.4) is 0 Å². The quantitative estimate of drug-likeness (QED) is 0.472. The van der Waals surface area contributed by atoms with Crippen LogP contribution in [0.4, 0.5) is 0 Å². The normalized spacial score (nSPS) is 11.8. The average molecular weight is 456 g/mol. The van der Waals surface area contributed by atoms with Gasteiger partial charge in [-0.3, -0.25) is 18.7 Å². The molecule has 0 aliphatic rings. The molecule has 9 nitrogen and oxygen atoms in total. The van der Waals surface area contributed by atoms with Crippen LogP contribution >= 0.6 is 0 Å². The fourth-order valence-corrected chi connectivity index (χ4v) is 3.63. The number of carbonyl (C=O) groups excluding carboxylic acids is 2. The van der Waals surface area contributed by atoms with Crippen LogP contribution in [-0.4, -0.2) is 41.3 Å². The van der Waals surface area contributed by atoms with Gasteiger partial charge in [-0.1, -0.05) is 18.2 Å². The van der Waals surface area contributed by atoms with E-state index in [0.29, 0.717) is 18.0 Å². The molecule has 0 bridgehead atoms. The SMILES string of the molecule is CCn1c(=O)n(CCC(=O)OC(C)C(=O)NCc2ccc(OC)c(OC)c2)c2ccccc21. The van der Waals surface area contributed by atoms with Crippen molar-refractivity contribution in [2.75, 3.05) is 14.2 Å². The first-order valence-corrected chi connectivity index (χ1v) is 10.8. The predicted octanol–water partition coefficient (Wildman–Crippen LogP) is 2.48. The number of nitrogens with zero attached hydrogens (tertiary/aromatic N) is 2. The van der Waals surface area contributed by atoms with Crippen LogP contribution < -0.4 is 20.5 Å². The van der Waals surface area contributed by atoms with Gasteiger partial charge in [0, 0.05) is 19.6 Å². The van der Waals surface area contributed by atoms with Gasteiger partial charge in [0.05, 0.1) is 31.7 Å². The number of methoxy groups -OCH3 is 2. The molecular weight excluding hydrogens is 426 g/mol. The maximum atomic E-state index is 12.7. The van der Waals surface area contributed by atoms with E-state index in [4.69, 9.17) is 14.2 Å². The number of hydrogen-bond acceptors (Lipinski definition) is 6. The van der Waals surface area contributed by atoms with E-state index in [-0.39, 0.29) is 25.2 Å². The third-order valence-corrected chi connectivity index (χ3v) is 5.37. The summed E-state index contributed by atoms with van der Waals surface area (Å²) in [5.41, 5.74) is 2.22. The molecule has 33 heavy (non-hydrogen) atoms. The fraction of sp³-hybridized carbons (Fsp3) is 0.375. The van der Waals surface area contributed by atoms with Gasteiger partial charge in [0.25, 0.3) is 5.91 Å². The minimum atomic E-state index is -0.966. The summed E-state index contributed by atoms with van der Waals surface area (Å²) in [6, 6.07) is 12.8. The smallest absolute Gasteiger partial charge is 0.329 e. The van der Waals surface area contributed by atoms with Crippen molar-refractivity contribution in [3.05, 3.63) is 58.5 Å². The highest BCUT2D eigenvalue weighted by Crippen LogP contribution is 2.27. The zero-order valence-electron chi connectivity index (χ0n) is 19.3. The van der Waals surface area contributed by atoms with E-state index in [1.807, 2.05) is 37.3 Å². The summed E-state index contributed by atoms with van der Waals surface area (Å²) in [6.45, 7) is 4.36. The maximum Gasteiger partial charge on any atom is 0.329 e. The Kier molecular flexibility index (Phi) is 7.76. The topological polar surface area (TPSA) is 101 Å². The van der Waals surface area contributed by atoms with Gasteiger partial charge in [0.1, 0.15) is 0 Å². The van der Waals surface area contributed by atoms with Crippen molar-refractivity contribution < 1.29 is 23.8 Å². The molecule has 0 saturated heterocycles. The van der Waals surface area contributed by atoms with Gasteiger partial charge in [0.15, 0.2) is 17.6 Å². The molecule has 3 aromatic rings. The molecule has 0 radical (unpaired) electrons. The molecule has 0 aliphatic carbocycles. The molecular formula is C24H29N3O6. The zero-order valence-corrected chi connectivity index (χ0v) is 19.3. The van der Waals surface area contributed by atoms with Crippen molar-refractivity contribution in [1.29, 1.82) is 0 Å². The molecule has 1 heterocycles. The summed E-state index contributed by atoms with van der Waals surface area (Å²) in [5.74, 6) is 0.182. The van der Waals surface area contributed by atoms with Crippen molar-refractivity contribution in [3.63, 3.8) is 0 Å². The van der Waals surface area contributed by atoms with E-state index in [1.165, 1.54) is 14.0 Å². The van der Waals surface area contributed by atoms with Crippen LogP contribution in [0.25, 0.3) is 11.0 Å². The second kappa shape index (κ2) is 10.7. The van der Waals surface area contributed by atoms with E-state index in [2.05, 4.69) is 5.32 Å². The number of para-hydroxylation sites is 2. The van der Waals surface area contributed by atoms with Gasteiger partial charge in [-0.05, 0) is 43.7 Å². The molecule has 1 N–H and O–H groups in total. The van der Waals surface area contributed by atoms with E-state index in [0.717, 1.165) is 16.6 Å². The number of amides is 1. The Hall–Kier alpha value is -3.75. The maximum absolute atomic E-state index is 12.7. The second-order valence-corrected chi connectivity index (χ2v) is 7.46. The van der Waals surface area contributed by atoms with Gasteiger partial charge in [0.2, 0.25) is 0 Å². The van der Waals surface area contributed by atoms with E-state index in [1.54, 1.807) is 28.4 Å². The number of rotatable bonds is 10. The molecule has 3 rings (SSSR count). The molecule has 2 aromatic carbocycles. The van der Waals surface area contributed by atoms with Gasteiger partial charge < -0.3 is 19.5 Å². The van der Waals surface area contributed by atoms with Crippen molar-refractivity contribution in [2.45, 2.75) is 46.0 Å². The molecule has 0 spiro atoms. The highest BCUT2D eigenvalue weighted by atomic mass is 16.5. The van der Waals surface area contributed by atoms with Crippen molar-refractivity contribution >= 4 is 22.9 Å². The highest BCUT2D eigenvalue weighted by molar-refractivity contribution is 5.83. The fourth-order valence-electron chi connectivity index (χ4n) is 3.63. The minimum Gasteiger partial charge on any atom is -0.493 e. The number of benzene rings is 2. The number of imidazole rings is 1. The van der Waals surface area contributed by atoms with E-state index >= 15 is 0 Å². The van der Waals surface area contributed by atoms with Gasteiger partial charge >= 0.3 is 11.7 Å². The van der Waals surface area contributed by atoms with Crippen molar-refractivity contribution in [3.8, 4) is 11.5 Å². The number of fused-ring (bicyclic) bond motifs is 1. The molecule has 1 unspecified atom stereocenters.